The second-order valence-electron chi connectivity index (χ2n) is 9.96. The number of hydrogen-bond donors (Lipinski definition) is 2. The van der Waals surface area contributed by atoms with E-state index in [2.05, 4.69) is 70.2 Å². The number of ether oxygens (including phenoxy) is 1. The first-order valence-electron chi connectivity index (χ1n) is 13.6. The number of unbranched alkanes of at least 4 members (excludes halogenated alkanes) is 2. The number of aliphatic hydroxyl groups is 2. The summed E-state index contributed by atoms with van der Waals surface area (Å²) in [5, 5.41) is 19.5. The molecule has 3 heteroatoms. The van der Waals surface area contributed by atoms with Crippen LogP contribution >= 0.6 is 0 Å². The maximum atomic E-state index is 10.5. The van der Waals surface area contributed by atoms with Crippen molar-refractivity contribution >= 4 is 0 Å². The average molecular weight is 481 g/mol. The fourth-order valence-electron chi connectivity index (χ4n) is 5.03. The number of benzene rings is 2. The molecule has 3 nitrogen and oxygen atoms in total. The zero-order chi connectivity index (χ0) is 25.9. The molecule has 0 saturated carbocycles. The summed E-state index contributed by atoms with van der Waals surface area (Å²) in [7, 11) is 0. The lowest BCUT2D eigenvalue weighted by atomic mass is 9.69. The molecule has 2 rings (SSSR count). The lowest BCUT2D eigenvalue weighted by Crippen LogP contribution is -2.26. The molecule has 0 aliphatic rings. The standard InChI is InChI=1S/C32H48O3/c1-7-31(34,8-2)20-14-15-27-16-17-28(23-25(27)5)32(9-3,10-4)29-18-19-30(26(6)24-29)35-22-13-11-12-21-33/h14,16-20,23-24,33-34H,7-13,15,21-22H2,1-6H3. The SMILES string of the molecule is CCC(O)(C=CCc1ccc(C(CC)(CC)c2ccc(OCCCCCO)c(C)c2)cc1C)CC. The van der Waals surface area contributed by atoms with Gasteiger partial charge in [0.15, 0.2) is 0 Å². The third kappa shape index (κ3) is 7.44. The lowest BCUT2D eigenvalue weighted by molar-refractivity contribution is 0.0826. The monoisotopic (exact) mass is 480 g/mol. The van der Waals surface area contributed by atoms with E-state index < -0.39 is 5.60 Å². The number of hydrogen-bond acceptors (Lipinski definition) is 3. The van der Waals surface area contributed by atoms with E-state index in [0.717, 1.165) is 57.1 Å². The lowest BCUT2D eigenvalue weighted by Gasteiger charge is -2.34. The van der Waals surface area contributed by atoms with Crippen LogP contribution in [0.3, 0.4) is 0 Å². The van der Waals surface area contributed by atoms with Crippen molar-refractivity contribution < 1.29 is 14.9 Å². The van der Waals surface area contributed by atoms with Gasteiger partial charge in [-0.15, -0.1) is 0 Å². The van der Waals surface area contributed by atoms with Gasteiger partial charge in [0.2, 0.25) is 0 Å². The van der Waals surface area contributed by atoms with Gasteiger partial charge in [-0.05, 0) is 99.1 Å². The topological polar surface area (TPSA) is 49.7 Å². The van der Waals surface area contributed by atoms with Crippen molar-refractivity contribution in [2.45, 2.75) is 104 Å². The summed E-state index contributed by atoms with van der Waals surface area (Å²) in [6, 6.07) is 13.6. The molecule has 0 aliphatic carbocycles. The number of allylic oxidation sites excluding steroid dienone is 1. The van der Waals surface area contributed by atoms with Crippen LogP contribution in [0.4, 0.5) is 0 Å². The van der Waals surface area contributed by atoms with Crippen LogP contribution in [0, 0.1) is 13.8 Å². The van der Waals surface area contributed by atoms with Gasteiger partial charge in [-0.25, -0.2) is 0 Å². The predicted octanol–water partition coefficient (Wildman–Crippen LogP) is 7.60. The third-order valence-corrected chi connectivity index (χ3v) is 7.88. The smallest absolute Gasteiger partial charge is 0.122 e. The molecule has 35 heavy (non-hydrogen) atoms. The van der Waals surface area contributed by atoms with Gasteiger partial charge in [-0.3, -0.25) is 0 Å². The average Bonchev–Trinajstić information content (AvgIpc) is 2.87. The van der Waals surface area contributed by atoms with Gasteiger partial charge in [-0.1, -0.05) is 70.2 Å². The van der Waals surface area contributed by atoms with Crippen LogP contribution in [0.15, 0.2) is 48.6 Å². The Morgan fingerprint density at radius 2 is 1.43 bits per heavy atom. The molecule has 0 saturated heterocycles. The van der Waals surface area contributed by atoms with Crippen LogP contribution in [-0.2, 0) is 11.8 Å². The second kappa shape index (κ2) is 13.8. The minimum atomic E-state index is -0.694. The van der Waals surface area contributed by atoms with E-state index in [1.54, 1.807) is 0 Å². The Balaban J connectivity index is 2.25. The van der Waals surface area contributed by atoms with E-state index in [9.17, 15) is 5.11 Å². The van der Waals surface area contributed by atoms with Crippen molar-refractivity contribution in [2.75, 3.05) is 13.2 Å². The van der Waals surface area contributed by atoms with Gasteiger partial charge >= 0.3 is 0 Å². The zero-order valence-corrected chi connectivity index (χ0v) is 23.0. The predicted molar refractivity (Wildman–Crippen MR) is 149 cm³/mol. The van der Waals surface area contributed by atoms with Crippen LogP contribution in [0.5, 0.6) is 5.75 Å². The van der Waals surface area contributed by atoms with Crippen molar-refractivity contribution in [1.29, 1.82) is 0 Å². The maximum Gasteiger partial charge on any atom is 0.122 e. The van der Waals surface area contributed by atoms with E-state index in [4.69, 9.17) is 9.84 Å². The van der Waals surface area contributed by atoms with Gasteiger partial charge in [0, 0.05) is 12.0 Å². The second-order valence-corrected chi connectivity index (χ2v) is 9.96. The molecule has 0 amide bonds. The normalized spacial score (nSPS) is 12.5. The molecule has 0 fully saturated rings. The van der Waals surface area contributed by atoms with E-state index in [0.29, 0.717) is 6.61 Å². The Kier molecular flexibility index (Phi) is 11.5. The first-order valence-corrected chi connectivity index (χ1v) is 13.6. The molecular formula is C32H48O3. The molecule has 2 aromatic rings. The van der Waals surface area contributed by atoms with Crippen molar-refractivity contribution in [3.63, 3.8) is 0 Å². The van der Waals surface area contributed by atoms with Gasteiger partial charge in [0.05, 0.1) is 12.2 Å². The van der Waals surface area contributed by atoms with E-state index >= 15 is 0 Å². The molecular weight excluding hydrogens is 432 g/mol. The minimum absolute atomic E-state index is 0.0335. The quantitative estimate of drug-likeness (QED) is 0.204. The molecule has 0 aromatic heterocycles. The van der Waals surface area contributed by atoms with Crippen molar-refractivity contribution in [3.8, 4) is 5.75 Å². The van der Waals surface area contributed by atoms with E-state index in [1.165, 1.54) is 27.8 Å². The van der Waals surface area contributed by atoms with Crippen LogP contribution in [0.1, 0.15) is 100 Å². The van der Waals surface area contributed by atoms with Crippen LogP contribution in [0.25, 0.3) is 0 Å². The number of aliphatic hydroxyl groups excluding tert-OH is 1. The molecule has 2 N–H and O–H groups in total. The Morgan fingerprint density at radius 1 is 0.800 bits per heavy atom. The van der Waals surface area contributed by atoms with Gasteiger partial charge in [-0.2, -0.15) is 0 Å². The summed E-state index contributed by atoms with van der Waals surface area (Å²) < 4.78 is 6.03. The summed E-state index contributed by atoms with van der Waals surface area (Å²) >= 11 is 0. The molecule has 0 atom stereocenters. The highest BCUT2D eigenvalue weighted by Gasteiger charge is 2.31. The highest BCUT2D eigenvalue weighted by Crippen LogP contribution is 2.41. The summed E-state index contributed by atoms with van der Waals surface area (Å²) in [6.45, 7) is 13.9. The highest BCUT2D eigenvalue weighted by atomic mass is 16.5. The van der Waals surface area contributed by atoms with Crippen molar-refractivity contribution in [2.24, 2.45) is 0 Å². The Bertz CT molecular complexity index is 936. The van der Waals surface area contributed by atoms with E-state index in [1.807, 2.05) is 19.9 Å². The third-order valence-electron chi connectivity index (χ3n) is 7.88. The molecule has 0 spiro atoms. The Morgan fingerprint density at radius 3 is 1.97 bits per heavy atom. The minimum Gasteiger partial charge on any atom is -0.493 e. The molecule has 0 heterocycles. The fourth-order valence-corrected chi connectivity index (χ4v) is 5.03. The maximum absolute atomic E-state index is 10.5. The summed E-state index contributed by atoms with van der Waals surface area (Å²) in [6.07, 6.45) is 11.3. The molecule has 194 valence electrons. The molecule has 0 unspecified atom stereocenters. The van der Waals surface area contributed by atoms with E-state index in [-0.39, 0.29) is 12.0 Å². The molecule has 2 aromatic carbocycles. The van der Waals surface area contributed by atoms with Crippen LogP contribution in [-0.4, -0.2) is 29.0 Å². The fraction of sp³-hybridized carbons (Fsp3) is 0.562. The Hall–Kier alpha value is -2.10. The number of rotatable bonds is 15. The molecule has 0 bridgehead atoms. The Labute approximate surface area is 214 Å². The summed E-state index contributed by atoms with van der Waals surface area (Å²) in [5.74, 6) is 0.955. The van der Waals surface area contributed by atoms with Crippen molar-refractivity contribution in [1.82, 2.24) is 0 Å². The largest absolute Gasteiger partial charge is 0.493 e. The highest BCUT2D eigenvalue weighted by molar-refractivity contribution is 5.47. The first-order chi connectivity index (χ1) is 16.8. The first kappa shape index (κ1) is 29.1. The van der Waals surface area contributed by atoms with Gasteiger partial charge in [0.25, 0.3) is 0 Å². The van der Waals surface area contributed by atoms with Crippen molar-refractivity contribution in [3.05, 3.63) is 76.4 Å². The van der Waals surface area contributed by atoms with Gasteiger partial charge in [0.1, 0.15) is 5.75 Å². The molecule has 0 radical (unpaired) electrons. The summed E-state index contributed by atoms with van der Waals surface area (Å²) in [5.41, 5.74) is 5.76. The number of aryl methyl sites for hydroxylation is 2. The van der Waals surface area contributed by atoms with Crippen LogP contribution in [0.2, 0.25) is 0 Å². The zero-order valence-electron chi connectivity index (χ0n) is 23.0. The van der Waals surface area contributed by atoms with Crippen LogP contribution < -0.4 is 4.74 Å². The molecule has 0 aliphatic heterocycles. The van der Waals surface area contributed by atoms with Gasteiger partial charge < -0.3 is 14.9 Å². The summed E-state index contributed by atoms with van der Waals surface area (Å²) in [4.78, 5) is 0.